The summed E-state index contributed by atoms with van der Waals surface area (Å²) in [6, 6.07) is 5.29. The van der Waals surface area contributed by atoms with Crippen LogP contribution in [0.4, 0.5) is 13.2 Å². The van der Waals surface area contributed by atoms with Crippen molar-refractivity contribution in [2.45, 2.75) is 64.4 Å². The predicted molar refractivity (Wildman–Crippen MR) is 107 cm³/mol. The summed E-state index contributed by atoms with van der Waals surface area (Å²) in [5, 5.41) is 8.98. The van der Waals surface area contributed by atoms with Crippen molar-refractivity contribution in [3.05, 3.63) is 29.8 Å². The summed E-state index contributed by atoms with van der Waals surface area (Å²) in [6.45, 7) is 6.54. The van der Waals surface area contributed by atoms with Crippen LogP contribution in [-0.2, 0) is 4.79 Å². The Bertz CT molecular complexity index is 724. The van der Waals surface area contributed by atoms with E-state index in [4.69, 9.17) is 0 Å². The van der Waals surface area contributed by atoms with Gasteiger partial charge in [0.1, 0.15) is 5.75 Å². The van der Waals surface area contributed by atoms with Gasteiger partial charge in [0.05, 0.1) is 6.54 Å². The Morgan fingerprint density at radius 2 is 1.77 bits per heavy atom. The molecule has 0 aromatic heterocycles. The van der Waals surface area contributed by atoms with Crippen LogP contribution >= 0.6 is 0 Å². The summed E-state index contributed by atoms with van der Waals surface area (Å²) < 4.78 is 40.8. The van der Waals surface area contributed by atoms with E-state index in [0.29, 0.717) is 12.5 Å². The molecule has 6 nitrogen and oxygen atoms in total. The Labute approximate surface area is 174 Å². The lowest BCUT2D eigenvalue weighted by molar-refractivity contribution is -0.274. The number of alkyl halides is 3. The van der Waals surface area contributed by atoms with Gasteiger partial charge in [-0.3, -0.25) is 9.59 Å². The van der Waals surface area contributed by atoms with E-state index in [1.165, 1.54) is 12.1 Å². The van der Waals surface area contributed by atoms with E-state index in [1.807, 2.05) is 20.8 Å². The third kappa shape index (κ3) is 9.02. The van der Waals surface area contributed by atoms with Crippen LogP contribution in [0.2, 0.25) is 0 Å². The van der Waals surface area contributed by atoms with Gasteiger partial charge in [-0.2, -0.15) is 0 Å². The summed E-state index contributed by atoms with van der Waals surface area (Å²) in [5.74, 6) is -0.586. The van der Waals surface area contributed by atoms with Crippen LogP contribution in [0, 0.1) is 5.92 Å². The van der Waals surface area contributed by atoms with Gasteiger partial charge in [0.25, 0.3) is 5.91 Å². The van der Waals surface area contributed by atoms with E-state index in [0.717, 1.165) is 37.8 Å². The molecule has 1 aromatic carbocycles. The Balaban J connectivity index is 1.71. The second-order valence-corrected chi connectivity index (χ2v) is 8.68. The quantitative estimate of drug-likeness (QED) is 0.621. The highest BCUT2D eigenvalue weighted by molar-refractivity contribution is 5.94. The van der Waals surface area contributed by atoms with E-state index >= 15 is 0 Å². The average molecular weight is 429 g/mol. The fraction of sp³-hybridized carbons (Fsp3) is 0.619. The van der Waals surface area contributed by atoms with Crippen molar-refractivity contribution in [3.8, 4) is 5.75 Å². The summed E-state index contributed by atoms with van der Waals surface area (Å²) >= 11 is 0. The zero-order valence-electron chi connectivity index (χ0n) is 17.6. The van der Waals surface area contributed by atoms with Crippen LogP contribution in [0.5, 0.6) is 5.75 Å². The first kappa shape index (κ1) is 24.0. The van der Waals surface area contributed by atoms with Crippen LogP contribution < -0.4 is 20.7 Å². The molecule has 30 heavy (non-hydrogen) atoms. The van der Waals surface area contributed by atoms with Gasteiger partial charge in [0.2, 0.25) is 5.91 Å². The van der Waals surface area contributed by atoms with Crippen molar-refractivity contribution in [2.75, 3.05) is 13.1 Å². The van der Waals surface area contributed by atoms with Gasteiger partial charge in [-0.25, -0.2) is 0 Å². The maximum Gasteiger partial charge on any atom is 0.573 e. The number of benzene rings is 1. The molecule has 1 aliphatic rings. The first-order chi connectivity index (χ1) is 13.9. The van der Waals surface area contributed by atoms with Gasteiger partial charge >= 0.3 is 6.36 Å². The number of halogens is 3. The maximum absolute atomic E-state index is 12.3. The maximum atomic E-state index is 12.3. The van der Waals surface area contributed by atoms with Crippen LogP contribution in [0.25, 0.3) is 0 Å². The number of amides is 2. The molecule has 1 aromatic rings. The predicted octanol–water partition coefficient (Wildman–Crippen LogP) is 3.38. The molecule has 0 atom stereocenters. The third-order valence-electron chi connectivity index (χ3n) is 4.79. The molecule has 0 bridgehead atoms. The van der Waals surface area contributed by atoms with Gasteiger partial charge < -0.3 is 20.7 Å². The number of rotatable bonds is 7. The third-order valence-corrected chi connectivity index (χ3v) is 4.79. The highest BCUT2D eigenvalue weighted by atomic mass is 19.4. The number of carbonyl (C=O) groups is 2. The van der Waals surface area contributed by atoms with Gasteiger partial charge in [-0.1, -0.05) is 6.07 Å². The van der Waals surface area contributed by atoms with Crippen LogP contribution in [0.15, 0.2) is 24.3 Å². The number of hydrogen-bond acceptors (Lipinski definition) is 4. The normalized spacial score (nSPS) is 19.8. The van der Waals surface area contributed by atoms with Crippen molar-refractivity contribution < 1.29 is 27.5 Å². The van der Waals surface area contributed by atoms with Crippen molar-refractivity contribution >= 4 is 11.8 Å². The summed E-state index contributed by atoms with van der Waals surface area (Å²) in [5.41, 5.74) is -0.135. The van der Waals surface area contributed by atoms with Crippen LogP contribution in [0.3, 0.4) is 0 Å². The summed E-state index contributed by atoms with van der Waals surface area (Å²) in [6.07, 6.45) is -1.20. The van der Waals surface area contributed by atoms with Crippen molar-refractivity contribution in [2.24, 2.45) is 5.92 Å². The number of nitrogens with one attached hydrogen (secondary N) is 3. The van der Waals surface area contributed by atoms with E-state index < -0.39 is 18.0 Å². The molecule has 3 N–H and O–H groups in total. The van der Waals surface area contributed by atoms with Crippen LogP contribution in [-0.4, -0.2) is 42.8 Å². The molecule has 0 heterocycles. The lowest BCUT2D eigenvalue weighted by Crippen LogP contribution is -2.47. The molecule has 2 rings (SSSR count). The van der Waals surface area contributed by atoms with E-state index in [-0.39, 0.29) is 29.6 Å². The molecule has 0 aliphatic heterocycles. The smallest absolute Gasteiger partial charge is 0.406 e. The Kier molecular flexibility index (Phi) is 8.11. The Morgan fingerprint density at radius 1 is 1.10 bits per heavy atom. The number of hydrogen-bond donors (Lipinski definition) is 3. The average Bonchev–Trinajstić information content (AvgIpc) is 2.63. The fourth-order valence-electron chi connectivity index (χ4n) is 3.44. The van der Waals surface area contributed by atoms with Gasteiger partial charge in [0.15, 0.2) is 0 Å². The molecule has 0 spiro atoms. The van der Waals surface area contributed by atoms with Gasteiger partial charge in [0, 0.05) is 23.7 Å². The standard InChI is InChI=1S/C21H30F3N3O3/c1-20(2,3)27-18(28)13-25-16-9-7-14(8-10-16)12-26-19(29)15-5-4-6-17(11-15)30-21(22,23)24/h4-6,11,14,16,25H,7-10,12-13H2,1-3H3,(H,26,29)(H,27,28)/t14-,16+. The minimum atomic E-state index is -4.80. The lowest BCUT2D eigenvalue weighted by atomic mass is 9.86. The highest BCUT2D eigenvalue weighted by Gasteiger charge is 2.31. The zero-order chi connectivity index (χ0) is 22.4. The number of carbonyl (C=O) groups excluding carboxylic acids is 2. The lowest BCUT2D eigenvalue weighted by Gasteiger charge is -2.29. The Morgan fingerprint density at radius 3 is 2.37 bits per heavy atom. The second kappa shape index (κ2) is 10.1. The van der Waals surface area contributed by atoms with Gasteiger partial charge in [-0.15, -0.1) is 13.2 Å². The first-order valence-corrected chi connectivity index (χ1v) is 10.1. The molecule has 1 saturated carbocycles. The highest BCUT2D eigenvalue weighted by Crippen LogP contribution is 2.25. The molecule has 0 saturated heterocycles. The van der Waals surface area contributed by atoms with Crippen molar-refractivity contribution in [3.63, 3.8) is 0 Å². The monoisotopic (exact) mass is 429 g/mol. The molecule has 0 unspecified atom stereocenters. The molecular formula is C21H30F3N3O3. The molecule has 1 aliphatic carbocycles. The fourth-order valence-corrected chi connectivity index (χ4v) is 3.44. The Hall–Kier alpha value is -2.29. The second-order valence-electron chi connectivity index (χ2n) is 8.68. The summed E-state index contributed by atoms with van der Waals surface area (Å²) in [7, 11) is 0. The molecule has 9 heteroatoms. The van der Waals surface area contributed by atoms with E-state index in [2.05, 4.69) is 20.7 Å². The minimum absolute atomic E-state index is 0.0337. The van der Waals surface area contributed by atoms with Crippen molar-refractivity contribution in [1.29, 1.82) is 0 Å². The van der Waals surface area contributed by atoms with E-state index in [1.54, 1.807) is 0 Å². The van der Waals surface area contributed by atoms with Crippen LogP contribution in [0.1, 0.15) is 56.8 Å². The molecule has 2 amide bonds. The van der Waals surface area contributed by atoms with E-state index in [9.17, 15) is 22.8 Å². The molecule has 0 radical (unpaired) electrons. The minimum Gasteiger partial charge on any atom is -0.406 e. The topological polar surface area (TPSA) is 79.5 Å². The van der Waals surface area contributed by atoms with Gasteiger partial charge in [-0.05, 0) is 70.6 Å². The summed E-state index contributed by atoms with van der Waals surface area (Å²) in [4.78, 5) is 24.1. The number of ether oxygens (including phenoxy) is 1. The molecular weight excluding hydrogens is 399 g/mol. The van der Waals surface area contributed by atoms with Crippen molar-refractivity contribution in [1.82, 2.24) is 16.0 Å². The first-order valence-electron chi connectivity index (χ1n) is 10.1. The molecule has 168 valence electrons. The molecule has 1 fully saturated rings. The largest absolute Gasteiger partial charge is 0.573 e. The SMILES string of the molecule is CC(C)(C)NC(=O)CN[C@H]1CC[C@@H](CNC(=O)c2cccc(OC(F)(F)F)c2)CC1. The zero-order valence-corrected chi connectivity index (χ0v) is 17.6.